The third-order valence-corrected chi connectivity index (χ3v) is 6.84. The Hall–Kier alpha value is -2.42. The molecule has 9 heteroatoms. The van der Waals surface area contributed by atoms with Crippen LogP contribution in [0.2, 0.25) is 5.02 Å². The van der Waals surface area contributed by atoms with E-state index in [0.717, 1.165) is 47.4 Å². The monoisotopic (exact) mass is 427 g/mol. The van der Waals surface area contributed by atoms with Crippen LogP contribution in [0.4, 0.5) is 11.6 Å². The minimum atomic E-state index is -0.0704. The predicted octanol–water partition coefficient (Wildman–Crippen LogP) is 3.15. The molecule has 150 valence electrons. The van der Waals surface area contributed by atoms with E-state index in [1.165, 1.54) is 11.8 Å². The molecule has 0 radical (unpaired) electrons. The van der Waals surface area contributed by atoms with Crippen molar-refractivity contribution in [2.24, 2.45) is 5.73 Å². The van der Waals surface area contributed by atoms with Gasteiger partial charge in [-0.3, -0.25) is 4.98 Å². The maximum atomic E-state index is 6.21. The first-order chi connectivity index (χ1) is 14.1. The summed E-state index contributed by atoms with van der Waals surface area (Å²) in [5.74, 6) is 1.17. The molecular formula is C20H22ClN7S. The van der Waals surface area contributed by atoms with Crippen LogP contribution in [-0.4, -0.2) is 39.6 Å². The lowest BCUT2D eigenvalue weighted by Gasteiger charge is -2.41. The van der Waals surface area contributed by atoms with E-state index in [1.54, 1.807) is 18.6 Å². The summed E-state index contributed by atoms with van der Waals surface area (Å²) in [6.45, 7) is 2.32. The first-order valence-corrected chi connectivity index (χ1v) is 10.6. The van der Waals surface area contributed by atoms with Crippen molar-refractivity contribution < 1.29 is 0 Å². The Balaban J connectivity index is 1.43. The van der Waals surface area contributed by atoms with Crippen molar-refractivity contribution in [1.29, 1.82) is 0 Å². The fraction of sp³-hybridized carbons (Fsp3) is 0.300. The number of aromatic nitrogens is 4. The number of pyridine rings is 2. The lowest BCUT2D eigenvalue weighted by Crippen LogP contribution is -2.47. The van der Waals surface area contributed by atoms with Gasteiger partial charge in [0.25, 0.3) is 0 Å². The van der Waals surface area contributed by atoms with Gasteiger partial charge in [0, 0.05) is 48.0 Å². The molecule has 1 aliphatic rings. The van der Waals surface area contributed by atoms with Gasteiger partial charge in [0.1, 0.15) is 16.7 Å². The van der Waals surface area contributed by atoms with E-state index in [9.17, 15) is 0 Å². The summed E-state index contributed by atoms with van der Waals surface area (Å²) in [6.07, 6.45) is 8.90. The molecule has 1 fully saturated rings. The molecule has 0 aliphatic carbocycles. The minimum Gasteiger partial charge on any atom is -0.382 e. The smallest absolute Gasteiger partial charge is 0.147 e. The number of halogens is 1. The van der Waals surface area contributed by atoms with Crippen molar-refractivity contribution in [1.82, 2.24) is 19.9 Å². The van der Waals surface area contributed by atoms with Crippen LogP contribution in [-0.2, 0) is 5.41 Å². The second-order valence-electron chi connectivity index (χ2n) is 7.01. The molecule has 0 unspecified atom stereocenters. The van der Waals surface area contributed by atoms with Crippen LogP contribution in [0.25, 0.3) is 0 Å². The van der Waals surface area contributed by atoms with Gasteiger partial charge in [-0.2, -0.15) is 0 Å². The van der Waals surface area contributed by atoms with Crippen molar-refractivity contribution in [2.75, 3.05) is 30.3 Å². The summed E-state index contributed by atoms with van der Waals surface area (Å²) in [4.78, 5) is 20.7. The first kappa shape index (κ1) is 19.9. The largest absolute Gasteiger partial charge is 0.382 e. The summed E-state index contributed by atoms with van der Waals surface area (Å²) < 4.78 is 0. The molecule has 3 aromatic heterocycles. The van der Waals surface area contributed by atoms with Gasteiger partial charge in [-0.25, -0.2) is 15.0 Å². The van der Waals surface area contributed by atoms with E-state index in [0.29, 0.717) is 17.4 Å². The van der Waals surface area contributed by atoms with Crippen molar-refractivity contribution in [3.63, 3.8) is 0 Å². The van der Waals surface area contributed by atoms with Gasteiger partial charge in [-0.15, -0.1) is 0 Å². The van der Waals surface area contributed by atoms with Crippen molar-refractivity contribution >= 4 is 35.0 Å². The van der Waals surface area contributed by atoms with Crippen LogP contribution in [0.3, 0.4) is 0 Å². The number of anilines is 2. The molecule has 1 saturated heterocycles. The van der Waals surface area contributed by atoms with Crippen LogP contribution in [0, 0.1) is 0 Å². The van der Waals surface area contributed by atoms with Crippen molar-refractivity contribution in [2.45, 2.75) is 28.2 Å². The average molecular weight is 428 g/mol. The number of rotatable bonds is 5. The average Bonchev–Trinajstić information content (AvgIpc) is 2.78. The zero-order chi connectivity index (χ0) is 20.3. The summed E-state index contributed by atoms with van der Waals surface area (Å²) in [6, 6.07) is 7.85. The fourth-order valence-electron chi connectivity index (χ4n) is 3.56. The SMILES string of the molecule is NCC1(c2ccccn2)CCN(c2cnc(Sc3ccnc(N)c3Cl)cn2)CC1. The number of nitrogens with zero attached hydrogens (tertiary/aromatic N) is 5. The van der Waals surface area contributed by atoms with E-state index in [-0.39, 0.29) is 5.41 Å². The highest BCUT2D eigenvalue weighted by Gasteiger charge is 2.36. The highest BCUT2D eigenvalue weighted by molar-refractivity contribution is 7.99. The molecule has 4 N–H and O–H groups in total. The zero-order valence-electron chi connectivity index (χ0n) is 15.8. The summed E-state index contributed by atoms with van der Waals surface area (Å²) in [7, 11) is 0. The Kier molecular flexibility index (Phi) is 5.84. The summed E-state index contributed by atoms with van der Waals surface area (Å²) in [5.41, 5.74) is 12.9. The molecular weight excluding hydrogens is 406 g/mol. The van der Waals surface area contributed by atoms with Gasteiger partial charge in [-0.1, -0.05) is 29.4 Å². The third-order valence-electron chi connectivity index (χ3n) is 5.35. The van der Waals surface area contributed by atoms with E-state index >= 15 is 0 Å². The second kappa shape index (κ2) is 8.52. The molecule has 0 saturated carbocycles. The highest BCUT2D eigenvalue weighted by Crippen LogP contribution is 2.36. The molecule has 3 aromatic rings. The fourth-order valence-corrected chi connectivity index (χ4v) is 4.55. The molecule has 0 atom stereocenters. The molecule has 1 aliphatic heterocycles. The van der Waals surface area contributed by atoms with Crippen molar-refractivity contribution in [3.05, 3.63) is 59.8 Å². The third kappa shape index (κ3) is 4.14. The topological polar surface area (TPSA) is 107 Å². The van der Waals surface area contributed by atoms with E-state index in [4.69, 9.17) is 23.1 Å². The Labute approximate surface area is 178 Å². The van der Waals surface area contributed by atoms with Gasteiger partial charge in [0.15, 0.2) is 0 Å². The first-order valence-electron chi connectivity index (χ1n) is 9.38. The number of nitrogens with two attached hydrogens (primary N) is 2. The molecule has 7 nitrogen and oxygen atoms in total. The Morgan fingerprint density at radius 2 is 1.86 bits per heavy atom. The van der Waals surface area contributed by atoms with Crippen molar-refractivity contribution in [3.8, 4) is 0 Å². The maximum absolute atomic E-state index is 6.21. The Morgan fingerprint density at radius 1 is 1.03 bits per heavy atom. The molecule has 0 spiro atoms. The van der Waals surface area contributed by atoms with Crippen LogP contribution < -0.4 is 16.4 Å². The normalized spacial score (nSPS) is 16.0. The maximum Gasteiger partial charge on any atom is 0.147 e. The lowest BCUT2D eigenvalue weighted by molar-refractivity contribution is 0.330. The summed E-state index contributed by atoms with van der Waals surface area (Å²) in [5, 5.41) is 1.19. The van der Waals surface area contributed by atoms with E-state index < -0.39 is 0 Å². The van der Waals surface area contributed by atoms with Crippen LogP contribution in [0.5, 0.6) is 0 Å². The predicted molar refractivity (Wildman–Crippen MR) is 116 cm³/mol. The highest BCUT2D eigenvalue weighted by atomic mass is 35.5. The second-order valence-corrected chi connectivity index (χ2v) is 8.45. The van der Waals surface area contributed by atoms with Crippen LogP contribution >= 0.6 is 23.4 Å². The zero-order valence-corrected chi connectivity index (χ0v) is 17.4. The quantitative estimate of drug-likeness (QED) is 0.639. The molecule has 4 rings (SSSR count). The number of hydrogen-bond acceptors (Lipinski definition) is 8. The van der Waals surface area contributed by atoms with Gasteiger partial charge in [0.2, 0.25) is 0 Å². The molecule has 0 aromatic carbocycles. The van der Waals surface area contributed by atoms with Gasteiger partial charge >= 0.3 is 0 Å². The number of hydrogen-bond donors (Lipinski definition) is 2. The minimum absolute atomic E-state index is 0.0704. The Bertz CT molecular complexity index is 960. The lowest BCUT2D eigenvalue weighted by atomic mass is 9.75. The van der Waals surface area contributed by atoms with Crippen LogP contribution in [0.1, 0.15) is 18.5 Å². The molecule has 29 heavy (non-hydrogen) atoms. The van der Waals surface area contributed by atoms with Crippen LogP contribution in [0.15, 0.2) is 59.0 Å². The molecule has 4 heterocycles. The Morgan fingerprint density at radius 3 is 2.52 bits per heavy atom. The molecule has 0 amide bonds. The van der Waals surface area contributed by atoms with Gasteiger partial charge < -0.3 is 16.4 Å². The number of piperidine rings is 1. The standard InChI is InChI=1S/C20H22ClN7S/c21-18-14(4-8-25-19(18)23)29-17-12-26-16(11-27-17)28-9-5-20(13-22,6-10-28)15-3-1-2-7-24-15/h1-4,7-8,11-12H,5-6,9-10,13,22H2,(H2,23,25). The summed E-state index contributed by atoms with van der Waals surface area (Å²) >= 11 is 7.62. The van der Waals surface area contributed by atoms with E-state index in [1.807, 2.05) is 24.4 Å². The number of nitrogen functional groups attached to an aromatic ring is 1. The van der Waals surface area contributed by atoms with E-state index in [2.05, 4.69) is 30.9 Å². The molecule has 0 bridgehead atoms. The van der Waals surface area contributed by atoms with Gasteiger partial charge in [0.05, 0.1) is 17.4 Å². The van der Waals surface area contributed by atoms with Gasteiger partial charge in [-0.05, 0) is 31.0 Å².